The van der Waals surface area contributed by atoms with Crippen molar-refractivity contribution in [2.45, 2.75) is 38.8 Å². The van der Waals surface area contributed by atoms with Crippen LogP contribution in [-0.4, -0.2) is 35.6 Å². The highest BCUT2D eigenvalue weighted by molar-refractivity contribution is 5.08. The summed E-state index contributed by atoms with van der Waals surface area (Å²) in [6.45, 7) is 7.99. The van der Waals surface area contributed by atoms with Gasteiger partial charge >= 0.3 is 0 Å². The Balaban J connectivity index is 2.00. The third-order valence-corrected chi connectivity index (χ3v) is 3.63. The second kappa shape index (κ2) is 6.12. The predicted molar refractivity (Wildman–Crippen MR) is 70.9 cm³/mol. The Morgan fingerprint density at radius 3 is 3.06 bits per heavy atom. The van der Waals surface area contributed by atoms with Gasteiger partial charge in [0.1, 0.15) is 0 Å². The zero-order chi connectivity index (χ0) is 12.1. The molecule has 3 nitrogen and oxygen atoms in total. The van der Waals surface area contributed by atoms with Crippen molar-refractivity contribution in [3.63, 3.8) is 0 Å². The predicted octanol–water partition coefficient (Wildman–Crippen LogP) is 2.22. The molecule has 1 N–H and O–H groups in total. The van der Waals surface area contributed by atoms with E-state index >= 15 is 0 Å². The van der Waals surface area contributed by atoms with E-state index in [1.165, 1.54) is 18.5 Å². The third kappa shape index (κ3) is 3.51. The van der Waals surface area contributed by atoms with E-state index in [2.05, 4.69) is 41.2 Å². The molecule has 1 saturated heterocycles. The second-order valence-corrected chi connectivity index (χ2v) is 4.96. The van der Waals surface area contributed by atoms with Gasteiger partial charge in [-0.05, 0) is 45.4 Å². The van der Waals surface area contributed by atoms with Gasteiger partial charge in [-0.15, -0.1) is 0 Å². The number of pyridine rings is 1. The van der Waals surface area contributed by atoms with Gasteiger partial charge in [0.15, 0.2) is 0 Å². The molecule has 1 fully saturated rings. The van der Waals surface area contributed by atoms with E-state index in [-0.39, 0.29) is 0 Å². The molecule has 2 unspecified atom stereocenters. The molecule has 1 aliphatic rings. The van der Waals surface area contributed by atoms with Crippen molar-refractivity contribution in [3.8, 4) is 0 Å². The zero-order valence-corrected chi connectivity index (χ0v) is 10.9. The standard InChI is InChI=1S/C14H23N3/c1-12-7-11-17(10-5-9-15-12)13(2)14-6-3-4-8-16-14/h3-4,6,8,12-13,15H,5,7,9-11H2,1-2H3. The van der Waals surface area contributed by atoms with Gasteiger partial charge in [-0.3, -0.25) is 9.88 Å². The van der Waals surface area contributed by atoms with Crippen LogP contribution in [-0.2, 0) is 0 Å². The van der Waals surface area contributed by atoms with Gasteiger partial charge in [0, 0.05) is 31.4 Å². The minimum atomic E-state index is 0.432. The van der Waals surface area contributed by atoms with E-state index in [1.54, 1.807) is 0 Å². The molecule has 0 aliphatic carbocycles. The molecule has 0 bridgehead atoms. The van der Waals surface area contributed by atoms with E-state index in [4.69, 9.17) is 0 Å². The van der Waals surface area contributed by atoms with Crippen LogP contribution >= 0.6 is 0 Å². The van der Waals surface area contributed by atoms with Crippen molar-refractivity contribution >= 4 is 0 Å². The maximum atomic E-state index is 4.47. The molecule has 0 spiro atoms. The molecule has 2 heterocycles. The van der Waals surface area contributed by atoms with Crippen LogP contribution in [0.25, 0.3) is 0 Å². The van der Waals surface area contributed by atoms with Crippen LogP contribution in [0.3, 0.4) is 0 Å². The summed E-state index contributed by atoms with van der Waals surface area (Å²) in [6, 6.07) is 7.25. The Morgan fingerprint density at radius 1 is 1.41 bits per heavy atom. The van der Waals surface area contributed by atoms with Crippen LogP contribution in [0.15, 0.2) is 24.4 Å². The van der Waals surface area contributed by atoms with E-state index in [1.807, 2.05) is 12.3 Å². The quantitative estimate of drug-likeness (QED) is 0.849. The highest BCUT2D eigenvalue weighted by Gasteiger charge is 2.18. The molecule has 0 aromatic carbocycles. The van der Waals surface area contributed by atoms with Gasteiger partial charge in [0.25, 0.3) is 0 Å². The average Bonchev–Trinajstić information content (AvgIpc) is 2.35. The van der Waals surface area contributed by atoms with E-state index < -0.39 is 0 Å². The SMILES string of the molecule is CC1CCN(C(C)c2ccccn2)CCCN1. The van der Waals surface area contributed by atoms with Crippen molar-refractivity contribution < 1.29 is 0 Å². The Hall–Kier alpha value is -0.930. The van der Waals surface area contributed by atoms with E-state index in [0.717, 1.165) is 19.6 Å². The Kier molecular flexibility index (Phi) is 4.51. The number of hydrogen-bond acceptors (Lipinski definition) is 3. The summed E-state index contributed by atoms with van der Waals surface area (Å²) in [5, 5.41) is 3.54. The summed E-state index contributed by atoms with van der Waals surface area (Å²) in [6.07, 6.45) is 4.33. The zero-order valence-electron chi connectivity index (χ0n) is 10.9. The van der Waals surface area contributed by atoms with Crippen molar-refractivity contribution in [1.82, 2.24) is 15.2 Å². The summed E-state index contributed by atoms with van der Waals surface area (Å²) < 4.78 is 0. The second-order valence-electron chi connectivity index (χ2n) is 4.96. The summed E-state index contributed by atoms with van der Waals surface area (Å²) >= 11 is 0. The number of rotatable bonds is 2. The smallest absolute Gasteiger partial charge is 0.0572 e. The molecule has 0 amide bonds. The fourth-order valence-corrected chi connectivity index (χ4v) is 2.40. The normalized spacial score (nSPS) is 24.9. The Labute approximate surface area is 104 Å². The van der Waals surface area contributed by atoms with Gasteiger partial charge in [-0.25, -0.2) is 0 Å². The summed E-state index contributed by atoms with van der Waals surface area (Å²) in [7, 11) is 0. The first-order valence-corrected chi connectivity index (χ1v) is 6.65. The molecule has 3 heteroatoms. The van der Waals surface area contributed by atoms with Crippen molar-refractivity contribution in [2.75, 3.05) is 19.6 Å². The molecule has 2 rings (SSSR count). The average molecular weight is 233 g/mol. The van der Waals surface area contributed by atoms with Gasteiger partial charge in [0.2, 0.25) is 0 Å². The Bertz CT molecular complexity index is 325. The van der Waals surface area contributed by atoms with Crippen LogP contribution in [0.4, 0.5) is 0 Å². The first-order chi connectivity index (χ1) is 8.27. The van der Waals surface area contributed by atoms with Gasteiger partial charge in [-0.2, -0.15) is 0 Å². The molecule has 0 radical (unpaired) electrons. The lowest BCUT2D eigenvalue weighted by Gasteiger charge is -2.32. The molecular formula is C14H23N3. The molecule has 0 saturated carbocycles. The number of nitrogens with one attached hydrogen (secondary N) is 1. The van der Waals surface area contributed by atoms with Gasteiger partial charge in [0.05, 0.1) is 5.69 Å². The number of aromatic nitrogens is 1. The molecule has 1 aromatic heterocycles. The monoisotopic (exact) mass is 233 g/mol. The minimum Gasteiger partial charge on any atom is -0.314 e. The third-order valence-electron chi connectivity index (χ3n) is 3.63. The fraction of sp³-hybridized carbons (Fsp3) is 0.643. The largest absolute Gasteiger partial charge is 0.314 e. The number of nitrogens with zero attached hydrogens (tertiary/aromatic N) is 2. The Morgan fingerprint density at radius 2 is 2.29 bits per heavy atom. The lowest BCUT2D eigenvalue weighted by molar-refractivity contribution is 0.182. The topological polar surface area (TPSA) is 28.2 Å². The molecular weight excluding hydrogens is 210 g/mol. The molecule has 2 atom stereocenters. The highest BCUT2D eigenvalue weighted by atomic mass is 15.2. The molecule has 94 valence electrons. The van der Waals surface area contributed by atoms with Crippen LogP contribution in [0.1, 0.15) is 38.4 Å². The van der Waals surface area contributed by atoms with Crippen molar-refractivity contribution in [3.05, 3.63) is 30.1 Å². The number of hydrogen-bond donors (Lipinski definition) is 1. The molecule has 1 aromatic rings. The summed E-state index contributed by atoms with van der Waals surface area (Å²) in [5.74, 6) is 0. The highest BCUT2D eigenvalue weighted by Crippen LogP contribution is 2.19. The van der Waals surface area contributed by atoms with Crippen molar-refractivity contribution in [2.24, 2.45) is 0 Å². The molecule has 17 heavy (non-hydrogen) atoms. The lowest BCUT2D eigenvalue weighted by Crippen LogP contribution is -2.39. The van der Waals surface area contributed by atoms with Gasteiger partial charge in [-0.1, -0.05) is 6.07 Å². The van der Waals surface area contributed by atoms with E-state index in [9.17, 15) is 0 Å². The first-order valence-electron chi connectivity index (χ1n) is 6.65. The van der Waals surface area contributed by atoms with Crippen molar-refractivity contribution in [1.29, 1.82) is 0 Å². The maximum Gasteiger partial charge on any atom is 0.0572 e. The van der Waals surface area contributed by atoms with Crippen LogP contribution in [0.2, 0.25) is 0 Å². The van der Waals surface area contributed by atoms with Crippen LogP contribution in [0.5, 0.6) is 0 Å². The van der Waals surface area contributed by atoms with Crippen LogP contribution < -0.4 is 5.32 Å². The molecule has 1 aliphatic heterocycles. The van der Waals surface area contributed by atoms with Crippen LogP contribution in [0, 0.1) is 0 Å². The van der Waals surface area contributed by atoms with Gasteiger partial charge < -0.3 is 5.32 Å². The fourth-order valence-electron chi connectivity index (χ4n) is 2.40. The first kappa shape index (κ1) is 12.5. The lowest BCUT2D eigenvalue weighted by atomic mass is 10.1. The maximum absolute atomic E-state index is 4.47. The summed E-state index contributed by atoms with van der Waals surface area (Å²) in [5.41, 5.74) is 1.19. The van der Waals surface area contributed by atoms with E-state index in [0.29, 0.717) is 12.1 Å². The summed E-state index contributed by atoms with van der Waals surface area (Å²) in [4.78, 5) is 7.02. The minimum absolute atomic E-state index is 0.432.